The monoisotopic (exact) mass is 246 g/mol. The van der Waals surface area contributed by atoms with Crippen LogP contribution in [0.2, 0.25) is 0 Å². The first-order chi connectivity index (χ1) is 7.08. The van der Waals surface area contributed by atoms with E-state index in [1.165, 1.54) is 12.5 Å². The van der Waals surface area contributed by atoms with Crippen LogP contribution in [0.25, 0.3) is 0 Å². The number of nitrogens with two attached hydrogens (primary N) is 1. The molecule has 0 atom stereocenters. The van der Waals surface area contributed by atoms with Crippen LogP contribution in [0.15, 0.2) is 15.7 Å². The van der Waals surface area contributed by atoms with Crippen molar-refractivity contribution in [3.63, 3.8) is 0 Å². The van der Waals surface area contributed by atoms with Crippen molar-refractivity contribution in [2.75, 3.05) is 12.3 Å². The third-order valence-corrected chi connectivity index (χ3v) is 5.53. The van der Waals surface area contributed by atoms with E-state index in [0.717, 1.165) is 24.2 Å². The number of thiophene rings is 1. The lowest BCUT2D eigenvalue weighted by molar-refractivity contribution is 0.316. The molecule has 15 heavy (non-hydrogen) atoms. The smallest absolute Gasteiger partial charge is 0.250 e. The van der Waals surface area contributed by atoms with Gasteiger partial charge in [-0.2, -0.15) is 0 Å². The first kappa shape index (κ1) is 10.9. The van der Waals surface area contributed by atoms with Crippen LogP contribution in [0.4, 0.5) is 5.69 Å². The van der Waals surface area contributed by atoms with Crippen LogP contribution >= 0.6 is 11.3 Å². The van der Waals surface area contributed by atoms with Gasteiger partial charge in [0.1, 0.15) is 4.21 Å². The van der Waals surface area contributed by atoms with Crippen molar-refractivity contribution in [1.82, 2.24) is 4.72 Å². The lowest BCUT2D eigenvalue weighted by atomic mass is 9.86. The Morgan fingerprint density at radius 1 is 1.53 bits per heavy atom. The fourth-order valence-electron chi connectivity index (χ4n) is 1.47. The Labute approximate surface area is 93.5 Å². The summed E-state index contributed by atoms with van der Waals surface area (Å²) in [4.78, 5) is 0. The van der Waals surface area contributed by atoms with Gasteiger partial charge < -0.3 is 5.73 Å². The lowest BCUT2D eigenvalue weighted by Gasteiger charge is -2.25. The molecule has 6 heteroatoms. The van der Waals surface area contributed by atoms with Crippen molar-refractivity contribution in [2.24, 2.45) is 5.92 Å². The lowest BCUT2D eigenvalue weighted by Crippen LogP contribution is -2.31. The molecule has 0 aromatic carbocycles. The Morgan fingerprint density at radius 3 is 2.73 bits per heavy atom. The minimum atomic E-state index is -3.32. The van der Waals surface area contributed by atoms with Gasteiger partial charge in [0, 0.05) is 17.6 Å². The van der Waals surface area contributed by atoms with Gasteiger partial charge >= 0.3 is 0 Å². The van der Waals surface area contributed by atoms with Crippen LogP contribution in [0.5, 0.6) is 0 Å². The molecule has 84 valence electrons. The average molecular weight is 246 g/mol. The van der Waals surface area contributed by atoms with Crippen molar-refractivity contribution < 1.29 is 8.42 Å². The van der Waals surface area contributed by atoms with E-state index >= 15 is 0 Å². The van der Waals surface area contributed by atoms with E-state index in [1.54, 1.807) is 5.38 Å². The van der Waals surface area contributed by atoms with Crippen LogP contribution in [-0.2, 0) is 10.0 Å². The number of hydrogen-bond acceptors (Lipinski definition) is 4. The van der Waals surface area contributed by atoms with Gasteiger partial charge in [-0.3, -0.25) is 0 Å². The zero-order valence-corrected chi connectivity index (χ0v) is 9.90. The molecule has 0 saturated heterocycles. The molecule has 0 bridgehead atoms. The summed E-state index contributed by atoms with van der Waals surface area (Å²) >= 11 is 1.16. The van der Waals surface area contributed by atoms with E-state index in [2.05, 4.69) is 4.72 Å². The van der Waals surface area contributed by atoms with Crippen molar-refractivity contribution in [3.8, 4) is 0 Å². The summed E-state index contributed by atoms with van der Waals surface area (Å²) in [5.74, 6) is 0.525. The highest BCUT2D eigenvalue weighted by atomic mass is 32.2. The highest BCUT2D eigenvalue weighted by molar-refractivity contribution is 7.91. The molecule has 1 saturated carbocycles. The maximum Gasteiger partial charge on any atom is 0.250 e. The topological polar surface area (TPSA) is 72.2 Å². The number of sulfonamides is 1. The first-order valence-electron chi connectivity index (χ1n) is 4.91. The predicted octanol–water partition coefficient (Wildman–Crippen LogP) is 1.41. The molecule has 4 nitrogen and oxygen atoms in total. The first-order valence-corrected chi connectivity index (χ1v) is 7.28. The van der Waals surface area contributed by atoms with Crippen LogP contribution in [0.3, 0.4) is 0 Å². The maximum atomic E-state index is 11.7. The zero-order valence-electron chi connectivity index (χ0n) is 8.27. The van der Waals surface area contributed by atoms with E-state index in [4.69, 9.17) is 5.73 Å². The molecule has 1 fully saturated rings. The second kappa shape index (κ2) is 4.11. The van der Waals surface area contributed by atoms with Crippen LogP contribution in [0.1, 0.15) is 19.3 Å². The second-order valence-electron chi connectivity index (χ2n) is 3.85. The maximum absolute atomic E-state index is 11.7. The molecule has 1 aliphatic rings. The van der Waals surface area contributed by atoms with Crippen molar-refractivity contribution >= 4 is 27.0 Å². The average Bonchev–Trinajstić information content (AvgIpc) is 2.49. The summed E-state index contributed by atoms with van der Waals surface area (Å²) < 4.78 is 26.4. The summed E-state index contributed by atoms with van der Waals surface area (Å²) in [5, 5.41) is 1.64. The zero-order chi connectivity index (χ0) is 10.9. The second-order valence-corrected chi connectivity index (χ2v) is 6.75. The van der Waals surface area contributed by atoms with E-state index in [1.807, 2.05) is 0 Å². The Bertz CT molecular complexity index is 435. The molecule has 0 unspecified atom stereocenters. The number of hydrogen-bond donors (Lipinski definition) is 2. The molecule has 1 aromatic rings. The normalized spacial score (nSPS) is 17.6. The largest absolute Gasteiger partial charge is 0.398 e. The van der Waals surface area contributed by atoms with Gasteiger partial charge in [-0.1, -0.05) is 6.42 Å². The summed E-state index contributed by atoms with van der Waals surface area (Å²) in [6, 6.07) is 1.49. The van der Waals surface area contributed by atoms with Gasteiger partial charge in [-0.15, -0.1) is 11.3 Å². The van der Waals surface area contributed by atoms with Gasteiger partial charge in [0.15, 0.2) is 0 Å². The minimum Gasteiger partial charge on any atom is -0.398 e. The summed E-state index contributed by atoms with van der Waals surface area (Å²) in [5.41, 5.74) is 5.99. The minimum absolute atomic E-state index is 0.305. The van der Waals surface area contributed by atoms with Crippen LogP contribution in [0, 0.1) is 5.92 Å². The van der Waals surface area contributed by atoms with Gasteiger partial charge in [-0.05, 0) is 24.8 Å². The molecule has 0 spiro atoms. The van der Waals surface area contributed by atoms with Crippen molar-refractivity contribution in [1.29, 1.82) is 0 Å². The predicted molar refractivity (Wildman–Crippen MR) is 61.3 cm³/mol. The molecule has 0 radical (unpaired) electrons. The van der Waals surface area contributed by atoms with E-state index in [9.17, 15) is 8.42 Å². The highest BCUT2D eigenvalue weighted by Gasteiger charge is 2.22. The molecule has 2 rings (SSSR count). The quantitative estimate of drug-likeness (QED) is 0.843. The summed E-state index contributed by atoms with van der Waals surface area (Å²) in [6.07, 6.45) is 3.49. The Balaban J connectivity index is 1.99. The fourth-order valence-corrected chi connectivity index (χ4v) is 3.71. The van der Waals surface area contributed by atoms with Gasteiger partial charge in [0.05, 0.1) is 0 Å². The fraction of sp³-hybridized carbons (Fsp3) is 0.556. The van der Waals surface area contributed by atoms with Gasteiger partial charge in [0.2, 0.25) is 10.0 Å². The van der Waals surface area contributed by atoms with E-state index < -0.39 is 10.0 Å². The standard InChI is InChI=1S/C9H14N2O2S2/c10-8-4-9(14-6-8)15(12,13)11-5-7-2-1-3-7/h4,6-7,11H,1-3,5,10H2. The highest BCUT2D eigenvalue weighted by Crippen LogP contribution is 2.26. The summed E-state index contributed by atoms with van der Waals surface area (Å²) in [6.45, 7) is 0.556. The molecular formula is C9H14N2O2S2. The SMILES string of the molecule is Nc1csc(S(=O)(=O)NCC2CCC2)c1. The van der Waals surface area contributed by atoms with Crippen molar-refractivity contribution in [2.45, 2.75) is 23.5 Å². The van der Waals surface area contributed by atoms with Crippen molar-refractivity contribution in [3.05, 3.63) is 11.4 Å². The summed E-state index contributed by atoms with van der Waals surface area (Å²) in [7, 11) is -3.32. The molecule has 0 aliphatic heterocycles. The molecule has 1 heterocycles. The van der Waals surface area contributed by atoms with E-state index in [0.29, 0.717) is 22.4 Å². The Kier molecular flexibility index (Phi) is 2.99. The Hall–Kier alpha value is -0.590. The third-order valence-electron chi connectivity index (χ3n) is 2.65. The molecule has 1 aromatic heterocycles. The number of nitrogen functional groups attached to an aromatic ring is 1. The van der Waals surface area contributed by atoms with Crippen LogP contribution < -0.4 is 10.5 Å². The van der Waals surface area contributed by atoms with E-state index in [-0.39, 0.29) is 0 Å². The molecular weight excluding hydrogens is 232 g/mol. The van der Waals surface area contributed by atoms with Gasteiger partial charge in [0.25, 0.3) is 0 Å². The molecule has 0 amide bonds. The van der Waals surface area contributed by atoms with Crippen LogP contribution in [-0.4, -0.2) is 15.0 Å². The molecule has 3 N–H and O–H groups in total. The number of rotatable bonds is 4. The third kappa shape index (κ3) is 2.50. The Morgan fingerprint density at radius 2 is 2.27 bits per heavy atom. The number of nitrogens with one attached hydrogen (secondary N) is 1. The number of anilines is 1. The van der Waals surface area contributed by atoms with Gasteiger partial charge in [-0.25, -0.2) is 13.1 Å². The molecule has 1 aliphatic carbocycles.